The Morgan fingerprint density at radius 2 is 1.76 bits per heavy atom. The van der Waals surface area contributed by atoms with Crippen LogP contribution >= 0.6 is 15.9 Å². The molecule has 1 N–H and O–H groups in total. The Morgan fingerprint density at radius 1 is 1.00 bits per heavy atom. The molecular weight excluding hydrogens is 426 g/mol. The lowest BCUT2D eigenvalue weighted by molar-refractivity contribution is 0.0949. The summed E-state index contributed by atoms with van der Waals surface area (Å²) >= 11 is 3.42. The van der Waals surface area contributed by atoms with Crippen molar-refractivity contribution in [3.8, 4) is 0 Å². The van der Waals surface area contributed by atoms with Crippen molar-refractivity contribution in [3.05, 3.63) is 64.4 Å². The summed E-state index contributed by atoms with van der Waals surface area (Å²) in [7, 11) is 0. The van der Waals surface area contributed by atoms with Gasteiger partial charge in [-0.25, -0.2) is 4.98 Å². The number of para-hydroxylation sites is 2. The van der Waals surface area contributed by atoms with E-state index in [1.807, 2.05) is 36.4 Å². The van der Waals surface area contributed by atoms with Gasteiger partial charge in [0.1, 0.15) is 5.82 Å². The van der Waals surface area contributed by atoms with Crippen LogP contribution < -0.4 is 5.32 Å². The van der Waals surface area contributed by atoms with Crippen molar-refractivity contribution in [1.82, 2.24) is 14.9 Å². The van der Waals surface area contributed by atoms with Crippen LogP contribution in [0.5, 0.6) is 0 Å². The molecule has 3 rings (SSSR count). The summed E-state index contributed by atoms with van der Waals surface area (Å²) in [6.45, 7) is 3.62. The largest absolute Gasteiger partial charge is 0.345 e. The van der Waals surface area contributed by atoms with Crippen molar-refractivity contribution in [1.29, 1.82) is 0 Å². The zero-order valence-corrected chi connectivity index (χ0v) is 18.7. The zero-order valence-electron chi connectivity index (χ0n) is 17.2. The van der Waals surface area contributed by atoms with Gasteiger partial charge < -0.3 is 9.88 Å². The third kappa shape index (κ3) is 6.17. The van der Waals surface area contributed by atoms with E-state index in [0.717, 1.165) is 34.3 Å². The number of fused-ring (bicyclic) bond motifs is 1. The first kappa shape index (κ1) is 21.6. The van der Waals surface area contributed by atoms with E-state index in [2.05, 4.69) is 44.9 Å². The van der Waals surface area contributed by atoms with Gasteiger partial charge in [0.05, 0.1) is 17.6 Å². The van der Waals surface area contributed by atoms with Crippen LogP contribution in [-0.2, 0) is 13.1 Å². The predicted molar refractivity (Wildman–Crippen MR) is 123 cm³/mol. The van der Waals surface area contributed by atoms with Crippen LogP contribution in [0.4, 0.5) is 0 Å². The van der Waals surface area contributed by atoms with E-state index in [1.165, 1.54) is 38.5 Å². The summed E-state index contributed by atoms with van der Waals surface area (Å²) in [5, 5.41) is 3.03. The van der Waals surface area contributed by atoms with E-state index in [9.17, 15) is 4.79 Å². The maximum Gasteiger partial charge on any atom is 0.251 e. The molecule has 3 aromatic rings. The Labute approximate surface area is 181 Å². The minimum atomic E-state index is -0.0826. The van der Waals surface area contributed by atoms with E-state index >= 15 is 0 Å². The van der Waals surface area contributed by atoms with Gasteiger partial charge in [-0.2, -0.15) is 0 Å². The molecule has 0 bridgehead atoms. The maximum absolute atomic E-state index is 12.5. The number of rotatable bonds is 11. The Balaban J connectivity index is 1.62. The number of carbonyl (C=O) groups is 1. The molecule has 0 aliphatic carbocycles. The Kier molecular flexibility index (Phi) is 8.29. The number of hydrogen-bond donors (Lipinski definition) is 1. The molecule has 0 fully saturated rings. The summed E-state index contributed by atoms with van der Waals surface area (Å²) < 4.78 is 3.17. The van der Waals surface area contributed by atoms with E-state index in [4.69, 9.17) is 4.98 Å². The van der Waals surface area contributed by atoms with Gasteiger partial charge in [0.15, 0.2) is 0 Å². The molecule has 1 heterocycles. The quantitative estimate of drug-likeness (QED) is 0.336. The fourth-order valence-electron chi connectivity index (χ4n) is 3.63. The molecule has 29 heavy (non-hydrogen) atoms. The Bertz CT molecular complexity index is 935. The number of carbonyl (C=O) groups excluding carboxylic acids is 1. The second kappa shape index (κ2) is 11.1. The monoisotopic (exact) mass is 455 g/mol. The highest BCUT2D eigenvalue weighted by atomic mass is 79.9. The number of aromatic nitrogens is 2. The third-order valence-electron chi connectivity index (χ3n) is 5.21. The molecule has 0 radical (unpaired) electrons. The lowest BCUT2D eigenvalue weighted by Crippen LogP contribution is -2.24. The third-order valence-corrected chi connectivity index (χ3v) is 5.71. The Morgan fingerprint density at radius 3 is 2.55 bits per heavy atom. The standard InChI is InChI=1S/C24H30BrN3O/c1-2-3-4-5-6-7-10-16-28-22-15-9-8-14-21(22)27-23(28)18-26-24(29)19-12-11-13-20(25)17-19/h8-9,11-15,17H,2-7,10,16,18H2,1H3,(H,26,29). The van der Waals surface area contributed by atoms with Crippen LogP contribution in [-0.4, -0.2) is 15.5 Å². The molecule has 0 spiro atoms. The number of imidazole rings is 1. The van der Waals surface area contributed by atoms with Gasteiger partial charge in [-0.05, 0) is 36.8 Å². The highest BCUT2D eigenvalue weighted by Crippen LogP contribution is 2.18. The molecule has 4 nitrogen and oxygen atoms in total. The number of nitrogens with one attached hydrogen (secondary N) is 1. The highest BCUT2D eigenvalue weighted by molar-refractivity contribution is 9.10. The molecule has 0 unspecified atom stereocenters. The number of halogens is 1. The molecule has 2 aromatic carbocycles. The minimum absolute atomic E-state index is 0.0826. The summed E-state index contributed by atoms with van der Waals surface area (Å²) in [5.41, 5.74) is 2.78. The van der Waals surface area contributed by atoms with Crippen molar-refractivity contribution < 1.29 is 4.79 Å². The summed E-state index contributed by atoms with van der Waals surface area (Å²) in [4.78, 5) is 17.3. The molecule has 0 aliphatic rings. The second-order valence-corrected chi connectivity index (χ2v) is 8.40. The summed E-state index contributed by atoms with van der Waals surface area (Å²) in [6.07, 6.45) is 8.97. The molecule has 0 atom stereocenters. The normalized spacial score (nSPS) is 11.1. The van der Waals surface area contributed by atoms with Crippen molar-refractivity contribution in [2.75, 3.05) is 0 Å². The average molecular weight is 456 g/mol. The first-order chi connectivity index (χ1) is 14.2. The molecule has 154 valence electrons. The van der Waals surface area contributed by atoms with Crippen LogP contribution in [0.15, 0.2) is 53.0 Å². The van der Waals surface area contributed by atoms with Crippen LogP contribution in [0, 0.1) is 0 Å². The maximum atomic E-state index is 12.5. The van der Waals surface area contributed by atoms with Gasteiger partial charge in [-0.1, -0.05) is 79.6 Å². The molecule has 0 saturated carbocycles. The molecule has 1 aromatic heterocycles. The topological polar surface area (TPSA) is 46.9 Å². The second-order valence-electron chi connectivity index (χ2n) is 7.48. The lowest BCUT2D eigenvalue weighted by atomic mass is 10.1. The van der Waals surface area contributed by atoms with Crippen LogP contribution in [0.25, 0.3) is 11.0 Å². The highest BCUT2D eigenvalue weighted by Gasteiger charge is 2.12. The zero-order chi connectivity index (χ0) is 20.5. The van der Waals surface area contributed by atoms with Gasteiger partial charge in [-0.3, -0.25) is 4.79 Å². The van der Waals surface area contributed by atoms with Crippen molar-refractivity contribution in [3.63, 3.8) is 0 Å². The average Bonchev–Trinajstić information content (AvgIpc) is 3.09. The minimum Gasteiger partial charge on any atom is -0.345 e. The Hall–Kier alpha value is -2.14. The number of nitrogens with zero attached hydrogens (tertiary/aromatic N) is 2. The van der Waals surface area contributed by atoms with Gasteiger partial charge in [-0.15, -0.1) is 0 Å². The smallest absolute Gasteiger partial charge is 0.251 e. The van der Waals surface area contributed by atoms with Crippen LogP contribution in [0.3, 0.4) is 0 Å². The molecule has 0 aliphatic heterocycles. The van der Waals surface area contributed by atoms with E-state index in [-0.39, 0.29) is 5.91 Å². The van der Waals surface area contributed by atoms with Gasteiger partial charge in [0, 0.05) is 16.6 Å². The van der Waals surface area contributed by atoms with Gasteiger partial charge in [0.2, 0.25) is 0 Å². The first-order valence-electron chi connectivity index (χ1n) is 10.7. The lowest BCUT2D eigenvalue weighted by Gasteiger charge is -2.10. The van der Waals surface area contributed by atoms with Crippen LogP contribution in [0.1, 0.15) is 68.1 Å². The van der Waals surface area contributed by atoms with Crippen molar-refractivity contribution >= 4 is 32.9 Å². The predicted octanol–water partition coefficient (Wildman–Crippen LogP) is 6.48. The molecule has 5 heteroatoms. The SMILES string of the molecule is CCCCCCCCCn1c(CNC(=O)c2cccc(Br)c2)nc2ccccc21. The van der Waals surface area contributed by atoms with Crippen LogP contribution in [0.2, 0.25) is 0 Å². The fraction of sp³-hybridized carbons (Fsp3) is 0.417. The first-order valence-corrected chi connectivity index (χ1v) is 11.5. The van der Waals surface area contributed by atoms with Crippen molar-refractivity contribution in [2.24, 2.45) is 0 Å². The molecular formula is C24H30BrN3O. The van der Waals surface area contributed by atoms with Gasteiger partial charge in [0.25, 0.3) is 5.91 Å². The molecule has 1 amide bonds. The van der Waals surface area contributed by atoms with Crippen molar-refractivity contribution in [2.45, 2.75) is 65.0 Å². The summed E-state index contributed by atoms with van der Waals surface area (Å²) in [5.74, 6) is 0.835. The number of aryl methyl sites for hydroxylation is 1. The fourth-order valence-corrected chi connectivity index (χ4v) is 4.03. The van der Waals surface area contributed by atoms with E-state index < -0.39 is 0 Å². The summed E-state index contributed by atoms with van der Waals surface area (Å²) in [6, 6.07) is 15.7. The number of amides is 1. The molecule has 0 saturated heterocycles. The van der Waals surface area contributed by atoms with E-state index in [0.29, 0.717) is 12.1 Å². The number of benzene rings is 2. The number of unbranched alkanes of at least 4 members (excludes halogenated alkanes) is 6. The van der Waals surface area contributed by atoms with Gasteiger partial charge >= 0.3 is 0 Å². The van der Waals surface area contributed by atoms with E-state index in [1.54, 1.807) is 0 Å². The number of hydrogen-bond acceptors (Lipinski definition) is 2.